The van der Waals surface area contributed by atoms with Crippen molar-refractivity contribution >= 4 is 50.2 Å². The van der Waals surface area contributed by atoms with E-state index in [0.29, 0.717) is 15.6 Å². The van der Waals surface area contributed by atoms with E-state index in [2.05, 4.69) is 4.72 Å². The Morgan fingerprint density at radius 1 is 1.21 bits per heavy atom. The fraction of sp³-hybridized carbons (Fsp3) is 0.0909. The Kier molecular flexibility index (Phi) is 4.37. The average Bonchev–Trinajstić information content (AvgIpc) is 2.82. The Balaban J connectivity index is 2.34. The lowest BCUT2D eigenvalue weighted by molar-refractivity contribution is 0.282. The first kappa shape index (κ1) is 14.6. The van der Waals surface area contributed by atoms with Crippen LogP contribution in [0, 0.1) is 0 Å². The first-order chi connectivity index (χ1) is 8.94. The van der Waals surface area contributed by atoms with Crippen LogP contribution in [0.4, 0.5) is 5.69 Å². The molecule has 1 aromatic heterocycles. The summed E-state index contributed by atoms with van der Waals surface area (Å²) in [4.78, 5) is 0.443. The second-order valence-electron chi connectivity index (χ2n) is 3.60. The lowest BCUT2D eigenvalue weighted by Crippen LogP contribution is -2.13. The van der Waals surface area contributed by atoms with Gasteiger partial charge >= 0.3 is 0 Å². The number of anilines is 1. The lowest BCUT2D eigenvalue weighted by atomic mass is 10.3. The largest absolute Gasteiger partial charge is 0.391 e. The molecule has 0 aliphatic heterocycles. The van der Waals surface area contributed by atoms with Crippen LogP contribution in [0.2, 0.25) is 10.0 Å². The minimum Gasteiger partial charge on any atom is -0.391 e. The highest BCUT2D eigenvalue weighted by Gasteiger charge is 2.19. The summed E-state index contributed by atoms with van der Waals surface area (Å²) in [6, 6.07) is 5.88. The van der Waals surface area contributed by atoms with Crippen LogP contribution < -0.4 is 4.72 Å². The van der Waals surface area contributed by atoms with Crippen molar-refractivity contribution in [1.29, 1.82) is 0 Å². The monoisotopic (exact) mass is 337 g/mol. The summed E-state index contributed by atoms with van der Waals surface area (Å²) in [5, 5.41) is 11.3. The molecule has 2 N–H and O–H groups in total. The number of aliphatic hydroxyl groups is 1. The van der Waals surface area contributed by atoms with Crippen LogP contribution in [-0.2, 0) is 16.6 Å². The molecule has 0 spiro atoms. The van der Waals surface area contributed by atoms with Gasteiger partial charge in [0.1, 0.15) is 4.90 Å². The molecule has 8 heteroatoms. The first-order valence-corrected chi connectivity index (χ1v) is 8.21. The number of thiophene rings is 1. The van der Waals surface area contributed by atoms with Gasteiger partial charge in [-0.1, -0.05) is 23.2 Å². The Labute approximate surface area is 124 Å². The molecule has 0 aliphatic carbocycles. The molecule has 4 nitrogen and oxygen atoms in total. The molecular weight excluding hydrogens is 329 g/mol. The molecule has 0 atom stereocenters. The van der Waals surface area contributed by atoms with Crippen LogP contribution >= 0.6 is 34.5 Å². The van der Waals surface area contributed by atoms with Crippen molar-refractivity contribution in [3.05, 3.63) is 44.6 Å². The fourth-order valence-corrected chi connectivity index (χ4v) is 4.10. The maximum atomic E-state index is 12.1. The third kappa shape index (κ3) is 3.21. The van der Waals surface area contributed by atoms with Gasteiger partial charge in [0.15, 0.2) is 0 Å². The highest BCUT2D eigenvalue weighted by molar-refractivity contribution is 7.93. The molecule has 0 bridgehead atoms. The number of hydrogen-bond donors (Lipinski definition) is 2. The number of nitrogens with one attached hydrogen (secondary N) is 1. The number of rotatable bonds is 4. The predicted octanol–water partition coefficient (Wildman–Crippen LogP) is 3.35. The standard InChI is InChI=1S/C11H9Cl2NO3S2/c12-8-2-1-7(5-9(8)13)14-19(16,17)11-3-4-18-10(11)6-15/h1-5,14-15H,6H2. The summed E-state index contributed by atoms with van der Waals surface area (Å²) in [6.45, 7) is -0.324. The second kappa shape index (κ2) is 5.68. The van der Waals surface area contributed by atoms with Gasteiger partial charge in [-0.2, -0.15) is 0 Å². The Morgan fingerprint density at radius 3 is 2.58 bits per heavy atom. The van der Waals surface area contributed by atoms with Gasteiger partial charge in [0.2, 0.25) is 0 Å². The van der Waals surface area contributed by atoms with Crippen molar-refractivity contribution in [3.8, 4) is 0 Å². The molecule has 19 heavy (non-hydrogen) atoms. The maximum Gasteiger partial charge on any atom is 0.263 e. The molecule has 102 valence electrons. The van der Waals surface area contributed by atoms with Crippen LogP contribution in [0.1, 0.15) is 4.88 Å². The van der Waals surface area contributed by atoms with Crippen LogP contribution in [0.25, 0.3) is 0 Å². The number of hydrogen-bond acceptors (Lipinski definition) is 4. The molecule has 0 saturated heterocycles. The van der Waals surface area contributed by atoms with Crippen molar-refractivity contribution in [1.82, 2.24) is 0 Å². The minimum atomic E-state index is -3.74. The second-order valence-corrected chi connectivity index (χ2v) is 7.07. The van der Waals surface area contributed by atoms with E-state index in [1.54, 1.807) is 5.38 Å². The fourth-order valence-electron chi connectivity index (χ4n) is 1.45. The Morgan fingerprint density at radius 2 is 1.95 bits per heavy atom. The van der Waals surface area contributed by atoms with Crippen molar-refractivity contribution in [2.75, 3.05) is 4.72 Å². The summed E-state index contributed by atoms with van der Waals surface area (Å²) in [5.74, 6) is 0. The summed E-state index contributed by atoms with van der Waals surface area (Å²) < 4.78 is 26.7. The van der Waals surface area contributed by atoms with Gasteiger partial charge in [0.05, 0.1) is 27.2 Å². The molecule has 2 aromatic rings. The average molecular weight is 338 g/mol. The lowest BCUT2D eigenvalue weighted by Gasteiger charge is -2.08. The van der Waals surface area contributed by atoms with Crippen molar-refractivity contribution in [3.63, 3.8) is 0 Å². The SMILES string of the molecule is O=S(=O)(Nc1ccc(Cl)c(Cl)c1)c1ccsc1CO. The van der Waals surface area contributed by atoms with E-state index in [9.17, 15) is 8.42 Å². The van der Waals surface area contributed by atoms with Crippen molar-refractivity contribution < 1.29 is 13.5 Å². The molecule has 0 fully saturated rings. The van der Waals surface area contributed by atoms with Crippen molar-refractivity contribution in [2.45, 2.75) is 11.5 Å². The first-order valence-electron chi connectivity index (χ1n) is 5.09. The van der Waals surface area contributed by atoms with E-state index in [-0.39, 0.29) is 16.5 Å². The van der Waals surface area contributed by atoms with E-state index in [4.69, 9.17) is 28.3 Å². The maximum absolute atomic E-state index is 12.1. The molecule has 0 radical (unpaired) electrons. The normalized spacial score (nSPS) is 11.5. The van der Waals surface area contributed by atoms with Gasteiger partial charge in [-0.15, -0.1) is 11.3 Å². The zero-order valence-electron chi connectivity index (χ0n) is 9.43. The van der Waals surface area contributed by atoms with Gasteiger partial charge in [-0.3, -0.25) is 4.72 Å². The van der Waals surface area contributed by atoms with Crippen LogP contribution in [-0.4, -0.2) is 13.5 Å². The van der Waals surface area contributed by atoms with Crippen molar-refractivity contribution in [2.24, 2.45) is 0 Å². The molecule has 2 rings (SSSR count). The number of benzene rings is 1. The quantitative estimate of drug-likeness (QED) is 0.898. The van der Waals surface area contributed by atoms with E-state index in [1.165, 1.54) is 35.6 Å². The van der Waals surface area contributed by atoms with Gasteiger partial charge in [0, 0.05) is 0 Å². The zero-order chi connectivity index (χ0) is 14.0. The molecule has 1 heterocycles. The van der Waals surface area contributed by atoms with E-state index < -0.39 is 10.0 Å². The smallest absolute Gasteiger partial charge is 0.263 e. The Hall–Kier alpha value is -0.790. The van der Waals surface area contributed by atoms with Gasteiger partial charge in [-0.05, 0) is 29.6 Å². The molecule has 0 unspecified atom stereocenters. The van der Waals surface area contributed by atoms with Crippen LogP contribution in [0.15, 0.2) is 34.5 Å². The highest BCUT2D eigenvalue weighted by atomic mass is 35.5. The number of sulfonamides is 1. The summed E-state index contributed by atoms with van der Waals surface area (Å²) in [7, 11) is -3.74. The minimum absolute atomic E-state index is 0.0612. The van der Waals surface area contributed by atoms with E-state index >= 15 is 0 Å². The van der Waals surface area contributed by atoms with E-state index in [0.717, 1.165) is 0 Å². The number of aliphatic hydroxyl groups excluding tert-OH is 1. The van der Waals surface area contributed by atoms with Gasteiger partial charge < -0.3 is 5.11 Å². The van der Waals surface area contributed by atoms with E-state index in [1.807, 2.05) is 0 Å². The number of halogens is 2. The predicted molar refractivity (Wildman–Crippen MR) is 77.5 cm³/mol. The van der Waals surface area contributed by atoms with Gasteiger partial charge in [0.25, 0.3) is 10.0 Å². The molecule has 0 saturated carbocycles. The van der Waals surface area contributed by atoms with Crippen LogP contribution in [0.5, 0.6) is 0 Å². The third-order valence-electron chi connectivity index (χ3n) is 2.31. The molecule has 0 amide bonds. The summed E-state index contributed by atoms with van der Waals surface area (Å²) >= 11 is 12.8. The third-order valence-corrected chi connectivity index (χ3v) is 5.55. The molecular formula is C11H9Cl2NO3S2. The van der Waals surface area contributed by atoms with Crippen LogP contribution in [0.3, 0.4) is 0 Å². The Bertz CT molecular complexity index is 698. The topological polar surface area (TPSA) is 66.4 Å². The molecule has 0 aliphatic rings. The molecule has 1 aromatic carbocycles. The summed E-state index contributed by atoms with van der Waals surface area (Å²) in [6.07, 6.45) is 0. The summed E-state index contributed by atoms with van der Waals surface area (Å²) in [5.41, 5.74) is 0.310. The highest BCUT2D eigenvalue weighted by Crippen LogP contribution is 2.28. The zero-order valence-corrected chi connectivity index (χ0v) is 12.6. The van der Waals surface area contributed by atoms with Gasteiger partial charge in [-0.25, -0.2) is 8.42 Å².